The van der Waals surface area contributed by atoms with E-state index in [0.29, 0.717) is 28.2 Å². The maximum Gasteiger partial charge on any atom is 0.146 e. The molecule has 0 aliphatic rings. The maximum absolute atomic E-state index is 6.06. The summed E-state index contributed by atoms with van der Waals surface area (Å²) < 4.78 is 5.26. The van der Waals surface area contributed by atoms with Crippen LogP contribution in [0.3, 0.4) is 0 Å². The van der Waals surface area contributed by atoms with Crippen LogP contribution in [0, 0.1) is 0 Å². The second-order valence-corrected chi connectivity index (χ2v) is 4.26. The molecule has 2 aromatic rings. The molecule has 4 nitrogen and oxygen atoms in total. The van der Waals surface area contributed by atoms with Crippen molar-refractivity contribution in [2.45, 2.75) is 6.54 Å². The van der Waals surface area contributed by atoms with Gasteiger partial charge < -0.3 is 15.5 Å². The lowest BCUT2D eigenvalue weighted by atomic mass is 10.1. The minimum atomic E-state index is 0.344. The van der Waals surface area contributed by atoms with Crippen molar-refractivity contribution in [3.8, 4) is 17.0 Å². The molecule has 0 radical (unpaired) electrons. The van der Waals surface area contributed by atoms with Gasteiger partial charge >= 0.3 is 0 Å². The fraction of sp³-hybridized carbons (Fsp3) is 0.182. The van der Waals surface area contributed by atoms with E-state index in [1.165, 1.54) is 0 Å². The summed E-state index contributed by atoms with van der Waals surface area (Å²) in [6.45, 7) is 0.344. The Morgan fingerprint density at radius 1 is 1.41 bits per heavy atom. The van der Waals surface area contributed by atoms with Gasteiger partial charge in [0.25, 0.3) is 0 Å². The number of aromatic nitrogens is 2. The van der Waals surface area contributed by atoms with Gasteiger partial charge in [0, 0.05) is 10.6 Å². The lowest BCUT2D eigenvalue weighted by Gasteiger charge is -2.09. The molecule has 0 amide bonds. The molecule has 1 heterocycles. The van der Waals surface area contributed by atoms with Crippen molar-refractivity contribution in [1.29, 1.82) is 0 Å². The molecule has 0 aliphatic carbocycles. The molecule has 6 heteroatoms. The van der Waals surface area contributed by atoms with E-state index in [4.69, 9.17) is 33.7 Å². The third kappa shape index (κ3) is 2.39. The third-order valence-electron chi connectivity index (χ3n) is 2.32. The number of hydrogen-bond acceptors (Lipinski definition) is 3. The van der Waals surface area contributed by atoms with Gasteiger partial charge in [-0.1, -0.05) is 23.2 Å². The van der Waals surface area contributed by atoms with Crippen molar-refractivity contribution in [2.24, 2.45) is 5.73 Å². The number of ether oxygens (including phenoxy) is 1. The highest BCUT2D eigenvalue weighted by molar-refractivity contribution is 6.36. The fourth-order valence-corrected chi connectivity index (χ4v) is 2.14. The van der Waals surface area contributed by atoms with Crippen molar-refractivity contribution in [3.05, 3.63) is 34.2 Å². The zero-order valence-corrected chi connectivity index (χ0v) is 10.6. The van der Waals surface area contributed by atoms with Gasteiger partial charge in [-0.25, -0.2) is 4.98 Å². The number of methoxy groups -OCH3 is 1. The Morgan fingerprint density at radius 3 is 2.76 bits per heavy atom. The number of halogens is 2. The molecule has 0 saturated carbocycles. The Bertz CT molecular complexity index is 540. The predicted octanol–water partition coefficient (Wildman–Crippen LogP) is 2.85. The van der Waals surface area contributed by atoms with Gasteiger partial charge in [0.1, 0.15) is 11.6 Å². The number of nitrogens with zero attached hydrogens (tertiary/aromatic N) is 1. The van der Waals surface area contributed by atoms with Crippen LogP contribution in [0.25, 0.3) is 11.3 Å². The smallest absolute Gasteiger partial charge is 0.146 e. The van der Waals surface area contributed by atoms with E-state index in [-0.39, 0.29) is 0 Å². The number of imidazole rings is 1. The molecular weight excluding hydrogens is 261 g/mol. The first-order valence-corrected chi connectivity index (χ1v) is 5.68. The van der Waals surface area contributed by atoms with Gasteiger partial charge in [-0.05, 0) is 12.1 Å². The first kappa shape index (κ1) is 12.2. The molecule has 1 aromatic carbocycles. The molecule has 0 fully saturated rings. The third-order valence-corrected chi connectivity index (χ3v) is 2.82. The van der Waals surface area contributed by atoms with E-state index in [2.05, 4.69) is 9.97 Å². The number of H-pyrrole nitrogens is 1. The van der Waals surface area contributed by atoms with E-state index in [9.17, 15) is 0 Å². The normalized spacial score (nSPS) is 10.6. The minimum absolute atomic E-state index is 0.344. The van der Waals surface area contributed by atoms with E-state index in [1.807, 2.05) is 0 Å². The largest absolute Gasteiger partial charge is 0.494 e. The number of hydrogen-bond donors (Lipinski definition) is 2. The minimum Gasteiger partial charge on any atom is -0.494 e. The molecule has 17 heavy (non-hydrogen) atoms. The van der Waals surface area contributed by atoms with Crippen molar-refractivity contribution in [1.82, 2.24) is 9.97 Å². The Hall–Kier alpha value is -1.23. The highest BCUT2D eigenvalue weighted by Gasteiger charge is 2.13. The van der Waals surface area contributed by atoms with Crippen molar-refractivity contribution in [2.75, 3.05) is 7.11 Å². The van der Waals surface area contributed by atoms with Crippen molar-refractivity contribution >= 4 is 23.2 Å². The molecule has 2 rings (SSSR count). The summed E-state index contributed by atoms with van der Waals surface area (Å²) in [5.41, 5.74) is 7.03. The summed E-state index contributed by atoms with van der Waals surface area (Å²) in [4.78, 5) is 7.20. The molecular formula is C11H11Cl2N3O. The summed E-state index contributed by atoms with van der Waals surface area (Å²) in [5, 5.41) is 0.994. The first-order valence-electron chi connectivity index (χ1n) is 4.93. The number of aromatic amines is 1. The second-order valence-electron chi connectivity index (χ2n) is 3.42. The average Bonchev–Trinajstić information content (AvgIpc) is 2.76. The van der Waals surface area contributed by atoms with Gasteiger partial charge in [0.2, 0.25) is 0 Å². The van der Waals surface area contributed by atoms with Crippen LogP contribution in [0.1, 0.15) is 5.82 Å². The number of benzene rings is 1. The summed E-state index contributed by atoms with van der Waals surface area (Å²) in [6.07, 6.45) is 1.67. The van der Waals surface area contributed by atoms with Crippen LogP contribution in [0.4, 0.5) is 0 Å². The van der Waals surface area contributed by atoms with Gasteiger partial charge in [0.05, 0.1) is 30.6 Å². The molecule has 0 bridgehead atoms. The quantitative estimate of drug-likeness (QED) is 0.903. The van der Waals surface area contributed by atoms with Crippen LogP contribution in [0.15, 0.2) is 18.3 Å². The molecule has 0 unspecified atom stereocenters. The molecule has 3 N–H and O–H groups in total. The second kappa shape index (κ2) is 4.96. The monoisotopic (exact) mass is 271 g/mol. The Morgan fingerprint density at radius 2 is 2.18 bits per heavy atom. The van der Waals surface area contributed by atoms with Gasteiger partial charge in [-0.2, -0.15) is 0 Å². The van der Waals surface area contributed by atoms with Crippen LogP contribution < -0.4 is 10.5 Å². The highest BCUT2D eigenvalue weighted by Crippen LogP contribution is 2.37. The lowest BCUT2D eigenvalue weighted by Crippen LogP contribution is -1.98. The summed E-state index contributed by atoms with van der Waals surface area (Å²) in [7, 11) is 1.55. The number of rotatable bonds is 3. The molecule has 1 aromatic heterocycles. The van der Waals surface area contributed by atoms with Crippen LogP contribution in [0.2, 0.25) is 10.0 Å². The maximum atomic E-state index is 6.06. The Labute approximate surface area is 109 Å². The van der Waals surface area contributed by atoms with E-state index < -0.39 is 0 Å². The van der Waals surface area contributed by atoms with Gasteiger partial charge in [-0.3, -0.25) is 0 Å². The molecule has 0 aliphatic heterocycles. The summed E-state index contributed by atoms with van der Waals surface area (Å²) >= 11 is 12.0. The van der Waals surface area contributed by atoms with E-state index in [0.717, 1.165) is 11.3 Å². The fourth-order valence-electron chi connectivity index (χ4n) is 1.57. The topological polar surface area (TPSA) is 63.9 Å². The van der Waals surface area contributed by atoms with E-state index >= 15 is 0 Å². The SMILES string of the molecule is COc1c(Cl)cc(Cl)cc1-c1cnc(CN)[nH]1. The Kier molecular flexibility index (Phi) is 3.57. The van der Waals surface area contributed by atoms with Crippen molar-refractivity contribution in [3.63, 3.8) is 0 Å². The standard InChI is InChI=1S/C11H11Cl2N3O/c1-17-11-7(2-6(12)3-8(11)13)9-5-15-10(4-14)16-9/h2-3,5H,4,14H2,1H3,(H,15,16). The van der Waals surface area contributed by atoms with Crippen LogP contribution in [0.5, 0.6) is 5.75 Å². The van der Waals surface area contributed by atoms with Gasteiger partial charge in [0.15, 0.2) is 0 Å². The zero-order valence-electron chi connectivity index (χ0n) is 9.13. The summed E-state index contributed by atoms with van der Waals surface area (Å²) in [6, 6.07) is 3.39. The molecule has 90 valence electrons. The first-order chi connectivity index (χ1) is 8.15. The van der Waals surface area contributed by atoms with Crippen molar-refractivity contribution < 1.29 is 4.74 Å². The number of nitrogens with two attached hydrogens (primary N) is 1. The Balaban J connectivity index is 2.57. The predicted molar refractivity (Wildman–Crippen MR) is 68.5 cm³/mol. The summed E-state index contributed by atoms with van der Waals surface area (Å²) in [5.74, 6) is 1.25. The molecule has 0 saturated heterocycles. The lowest BCUT2D eigenvalue weighted by molar-refractivity contribution is 0.416. The average molecular weight is 272 g/mol. The molecule has 0 atom stereocenters. The highest BCUT2D eigenvalue weighted by atomic mass is 35.5. The van der Waals surface area contributed by atoms with Crippen LogP contribution in [-0.2, 0) is 6.54 Å². The zero-order chi connectivity index (χ0) is 12.4. The van der Waals surface area contributed by atoms with E-state index in [1.54, 1.807) is 25.4 Å². The number of nitrogens with one attached hydrogen (secondary N) is 1. The van der Waals surface area contributed by atoms with Gasteiger partial charge in [-0.15, -0.1) is 0 Å². The van der Waals surface area contributed by atoms with Crippen LogP contribution >= 0.6 is 23.2 Å². The van der Waals surface area contributed by atoms with Crippen LogP contribution in [-0.4, -0.2) is 17.1 Å². The molecule has 0 spiro atoms.